The molecule has 0 aliphatic rings. The third-order valence-electron chi connectivity index (χ3n) is 5.66. The number of anilines is 2. The molecule has 0 fully saturated rings. The van der Waals surface area contributed by atoms with E-state index >= 15 is 0 Å². The molecule has 3 N–H and O–H groups in total. The predicted octanol–water partition coefficient (Wildman–Crippen LogP) is 7.66. The van der Waals surface area contributed by atoms with Gasteiger partial charge in [0, 0.05) is 37.4 Å². The molecular weight excluding hydrogens is 584 g/mol. The van der Waals surface area contributed by atoms with Crippen molar-refractivity contribution in [2.75, 3.05) is 10.6 Å². The summed E-state index contributed by atoms with van der Waals surface area (Å²) in [5.41, 5.74) is 1.30. The first-order valence-corrected chi connectivity index (χ1v) is 14.0. The summed E-state index contributed by atoms with van der Waals surface area (Å²) >= 11 is 13.3. The quantitative estimate of drug-likeness (QED) is 0.135. The van der Waals surface area contributed by atoms with Gasteiger partial charge in [0.15, 0.2) is 0 Å². The highest BCUT2D eigenvalue weighted by molar-refractivity contribution is 8.00. The number of halogens is 3. The number of carbonyl (C=O) groups excluding carboxylic acids is 3. The van der Waals surface area contributed by atoms with E-state index in [4.69, 9.17) is 23.2 Å². The molecule has 0 bridgehead atoms. The monoisotopic (exact) mass is 607 g/mol. The molecule has 4 aromatic rings. The van der Waals surface area contributed by atoms with E-state index in [1.54, 1.807) is 85.8 Å². The van der Waals surface area contributed by atoms with E-state index in [1.807, 2.05) is 0 Å². The second-order valence-corrected chi connectivity index (χ2v) is 11.1. The lowest BCUT2D eigenvalue weighted by Crippen LogP contribution is -2.30. The van der Waals surface area contributed by atoms with Crippen LogP contribution in [0.3, 0.4) is 0 Å². The number of amides is 3. The highest BCUT2D eigenvalue weighted by Crippen LogP contribution is 2.27. The molecular formula is C31H24Cl2FN3O3S. The Morgan fingerprint density at radius 3 is 2.10 bits per heavy atom. The van der Waals surface area contributed by atoms with Crippen molar-refractivity contribution < 1.29 is 18.8 Å². The van der Waals surface area contributed by atoms with Gasteiger partial charge in [-0.25, -0.2) is 4.39 Å². The molecule has 208 valence electrons. The molecule has 4 rings (SSSR count). The standard InChI is InChI=1S/C31H24Cl2FN3O3S/c1-19(29(38)36-25-17-22(32)16-23(33)18-25)41-26-13-11-24(12-14-26)35-31(40)28(15-21-9-5-6-10-27(21)34)37-30(39)20-7-3-2-4-8-20/h2-19H,1H3,(H,35,40)(H,36,38)(H,37,39)/b28-15-. The van der Waals surface area contributed by atoms with Crippen molar-refractivity contribution in [3.05, 3.63) is 130 Å². The Labute approximate surface area is 250 Å². The molecule has 3 amide bonds. The van der Waals surface area contributed by atoms with Gasteiger partial charge in [-0.15, -0.1) is 11.8 Å². The highest BCUT2D eigenvalue weighted by Gasteiger charge is 2.17. The Bertz CT molecular complexity index is 1580. The average Bonchev–Trinajstić information content (AvgIpc) is 2.94. The summed E-state index contributed by atoms with van der Waals surface area (Å²) in [4.78, 5) is 39.4. The van der Waals surface area contributed by atoms with Gasteiger partial charge in [0.1, 0.15) is 11.5 Å². The van der Waals surface area contributed by atoms with Crippen molar-refractivity contribution in [3.8, 4) is 0 Å². The van der Waals surface area contributed by atoms with Gasteiger partial charge in [0.25, 0.3) is 11.8 Å². The Kier molecular flexibility index (Phi) is 10.2. The third-order valence-corrected chi connectivity index (χ3v) is 7.21. The number of nitrogens with one attached hydrogen (secondary N) is 3. The summed E-state index contributed by atoms with van der Waals surface area (Å²) in [5, 5.41) is 8.48. The molecule has 6 nitrogen and oxygen atoms in total. The normalized spacial score (nSPS) is 11.9. The van der Waals surface area contributed by atoms with Crippen molar-refractivity contribution >= 4 is 70.1 Å². The van der Waals surface area contributed by atoms with E-state index in [0.717, 1.165) is 4.90 Å². The second kappa shape index (κ2) is 14.0. The SMILES string of the molecule is CC(Sc1ccc(NC(=O)/C(=C/c2ccccc2F)NC(=O)c2ccccc2)cc1)C(=O)Nc1cc(Cl)cc(Cl)c1. The van der Waals surface area contributed by atoms with E-state index < -0.39 is 22.9 Å². The predicted molar refractivity (Wildman–Crippen MR) is 164 cm³/mol. The molecule has 0 spiro atoms. The summed E-state index contributed by atoms with van der Waals surface area (Å²) in [6.45, 7) is 1.76. The topological polar surface area (TPSA) is 87.3 Å². The van der Waals surface area contributed by atoms with Crippen LogP contribution in [0.2, 0.25) is 10.0 Å². The molecule has 0 saturated heterocycles. The molecule has 0 heterocycles. The zero-order chi connectivity index (χ0) is 29.4. The van der Waals surface area contributed by atoms with Crippen molar-refractivity contribution in [2.45, 2.75) is 17.1 Å². The first kappa shape index (κ1) is 29.9. The molecule has 1 atom stereocenters. The van der Waals surface area contributed by atoms with Crippen LogP contribution in [0.25, 0.3) is 6.08 Å². The minimum absolute atomic E-state index is 0.131. The van der Waals surface area contributed by atoms with Crippen molar-refractivity contribution in [1.29, 1.82) is 0 Å². The van der Waals surface area contributed by atoms with Crippen LogP contribution < -0.4 is 16.0 Å². The molecule has 0 radical (unpaired) electrons. The van der Waals surface area contributed by atoms with Gasteiger partial charge < -0.3 is 16.0 Å². The van der Waals surface area contributed by atoms with E-state index in [1.165, 1.54) is 36.0 Å². The van der Waals surface area contributed by atoms with E-state index in [0.29, 0.717) is 27.0 Å². The van der Waals surface area contributed by atoms with Gasteiger partial charge in [0.2, 0.25) is 5.91 Å². The summed E-state index contributed by atoms with van der Waals surface area (Å²) in [7, 11) is 0. The molecule has 4 aromatic carbocycles. The van der Waals surface area contributed by atoms with E-state index in [9.17, 15) is 18.8 Å². The smallest absolute Gasteiger partial charge is 0.272 e. The minimum atomic E-state index is -0.633. The molecule has 41 heavy (non-hydrogen) atoms. The molecule has 0 aromatic heterocycles. The fourth-order valence-electron chi connectivity index (χ4n) is 3.63. The summed E-state index contributed by atoms with van der Waals surface area (Å²) in [5.74, 6) is -1.92. The van der Waals surface area contributed by atoms with Crippen LogP contribution >= 0.6 is 35.0 Å². The molecule has 10 heteroatoms. The van der Waals surface area contributed by atoms with E-state index in [-0.39, 0.29) is 17.2 Å². The highest BCUT2D eigenvalue weighted by atomic mass is 35.5. The summed E-state index contributed by atoms with van der Waals surface area (Å²) in [6.07, 6.45) is 1.28. The number of hydrogen-bond donors (Lipinski definition) is 3. The maximum Gasteiger partial charge on any atom is 0.272 e. The van der Waals surface area contributed by atoms with Gasteiger partial charge in [-0.05, 0) is 73.7 Å². The number of carbonyl (C=O) groups is 3. The summed E-state index contributed by atoms with van der Waals surface area (Å²) < 4.78 is 14.3. The van der Waals surface area contributed by atoms with Crippen molar-refractivity contribution in [1.82, 2.24) is 5.32 Å². The summed E-state index contributed by atoms with van der Waals surface area (Å²) in [6, 6.07) is 26.0. The van der Waals surface area contributed by atoms with Gasteiger partial charge in [-0.2, -0.15) is 0 Å². The largest absolute Gasteiger partial charge is 0.325 e. The molecule has 0 aliphatic heterocycles. The number of thioether (sulfide) groups is 1. The maximum atomic E-state index is 14.3. The average molecular weight is 609 g/mol. The van der Waals surface area contributed by atoms with E-state index in [2.05, 4.69) is 16.0 Å². The first-order chi connectivity index (χ1) is 19.7. The third kappa shape index (κ3) is 8.69. The lowest BCUT2D eigenvalue weighted by molar-refractivity contribution is -0.115. The first-order valence-electron chi connectivity index (χ1n) is 12.4. The number of rotatable bonds is 9. The molecule has 0 saturated carbocycles. The lowest BCUT2D eigenvalue weighted by atomic mass is 10.1. The van der Waals surface area contributed by atoms with Gasteiger partial charge in [0.05, 0.1) is 5.25 Å². The van der Waals surface area contributed by atoms with Crippen molar-refractivity contribution in [2.24, 2.45) is 0 Å². The van der Waals surface area contributed by atoms with Crippen LogP contribution in [0.4, 0.5) is 15.8 Å². The number of hydrogen-bond acceptors (Lipinski definition) is 4. The Morgan fingerprint density at radius 1 is 0.805 bits per heavy atom. The van der Waals surface area contributed by atoms with Crippen molar-refractivity contribution in [3.63, 3.8) is 0 Å². The van der Waals surface area contributed by atoms with Crippen LogP contribution in [0.1, 0.15) is 22.8 Å². The Morgan fingerprint density at radius 2 is 1.44 bits per heavy atom. The zero-order valence-corrected chi connectivity index (χ0v) is 24.0. The minimum Gasteiger partial charge on any atom is -0.325 e. The zero-order valence-electron chi connectivity index (χ0n) is 21.7. The number of benzene rings is 4. The molecule has 1 unspecified atom stereocenters. The molecule has 0 aliphatic carbocycles. The van der Waals surface area contributed by atoms with Crippen LogP contribution in [-0.4, -0.2) is 23.0 Å². The van der Waals surface area contributed by atoms with Gasteiger partial charge in [-0.3, -0.25) is 14.4 Å². The fourth-order valence-corrected chi connectivity index (χ4v) is 5.03. The Balaban J connectivity index is 1.43. The maximum absolute atomic E-state index is 14.3. The van der Waals surface area contributed by atoms with Crippen LogP contribution in [-0.2, 0) is 9.59 Å². The Hall–Kier alpha value is -4.11. The van der Waals surface area contributed by atoms with Crippen LogP contribution in [0, 0.1) is 5.82 Å². The van der Waals surface area contributed by atoms with Gasteiger partial charge >= 0.3 is 0 Å². The fraction of sp³-hybridized carbons (Fsp3) is 0.0645. The van der Waals surface area contributed by atoms with Crippen LogP contribution in [0.15, 0.2) is 108 Å². The second-order valence-electron chi connectivity index (χ2n) is 8.79. The lowest BCUT2D eigenvalue weighted by Gasteiger charge is -2.14. The van der Waals surface area contributed by atoms with Gasteiger partial charge in [-0.1, -0.05) is 59.6 Å². The van der Waals surface area contributed by atoms with Crippen LogP contribution in [0.5, 0.6) is 0 Å².